The van der Waals surface area contributed by atoms with Crippen LogP contribution in [0.15, 0.2) is 0 Å². The maximum absolute atomic E-state index is 5.63. The summed E-state index contributed by atoms with van der Waals surface area (Å²) in [6.45, 7) is 13.3. The Labute approximate surface area is 101 Å². The Morgan fingerprint density at radius 3 is 2.94 bits per heavy atom. The number of nitrogens with zero attached hydrogens (tertiary/aromatic N) is 1. The summed E-state index contributed by atoms with van der Waals surface area (Å²) in [5, 5.41) is 3.52. The van der Waals surface area contributed by atoms with Gasteiger partial charge >= 0.3 is 0 Å². The van der Waals surface area contributed by atoms with Gasteiger partial charge in [-0.25, -0.2) is 0 Å². The monoisotopic (exact) mass is 228 g/mol. The molecule has 0 aromatic carbocycles. The first kappa shape index (κ1) is 13.9. The maximum atomic E-state index is 5.63. The summed E-state index contributed by atoms with van der Waals surface area (Å²) in [4.78, 5) is 2.51. The lowest BCUT2D eigenvalue weighted by Crippen LogP contribution is -2.36. The molecule has 0 aromatic heterocycles. The highest BCUT2D eigenvalue weighted by Gasteiger charge is 2.13. The van der Waals surface area contributed by atoms with E-state index in [1.807, 2.05) is 0 Å². The van der Waals surface area contributed by atoms with Crippen molar-refractivity contribution < 1.29 is 4.74 Å². The Balaban J connectivity index is 2.02. The first-order chi connectivity index (χ1) is 7.68. The van der Waals surface area contributed by atoms with Crippen LogP contribution in [0.5, 0.6) is 0 Å². The van der Waals surface area contributed by atoms with Gasteiger partial charge < -0.3 is 10.1 Å². The summed E-state index contributed by atoms with van der Waals surface area (Å²) in [6.07, 6.45) is 2.86. The van der Waals surface area contributed by atoms with Crippen LogP contribution in [0.1, 0.15) is 33.6 Å². The molecule has 0 radical (unpaired) electrons. The van der Waals surface area contributed by atoms with E-state index in [-0.39, 0.29) is 0 Å². The van der Waals surface area contributed by atoms with Crippen molar-refractivity contribution in [2.24, 2.45) is 5.92 Å². The lowest BCUT2D eigenvalue weighted by atomic mass is 10.1. The fourth-order valence-electron chi connectivity index (χ4n) is 2.04. The van der Waals surface area contributed by atoms with E-state index in [1.165, 1.54) is 19.4 Å². The predicted octanol–water partition coefficient (Wildman–Crippen LogP) is 1.73. The maximum Gasteiger partial charge on any atom is 0.0673 e. The lowest BCUT2D eigenvalue weighted by molar-refractivity contribution is 0.0679. The molecule has 0 amide bonds. The van der Waals surface area contributed by atoms with Gasteiger partial charge in [-0.3, -0.25) is 4.90 Å². The first-order valence-corrected chi connectivity index (χ1v) is 6.73. The molecule has 96 valence electrons. The first-order valence-electron chi connectivity index (χ1n) is 6.73. The molecule has 0 bridgehead atoms. The Bertz CT molecular complexity index is 173. The summed E-state index contributed by atoms with van der Waals surface area (Å²) in [7, 11) is 0. The van der Waals surface area contributed by atoms with Crippen molar-refractivity contribution in [3.05, 3.63) is 0 Å². The van der Waals surface area contributed by atoms with Crippen LogP contribution in [0.4, 0.5) is 0 Å². The molecule has 1 aliphatic heterocycles. The second-order valence-electron chi connectivity index (χ2n) is 5.27. The predicted molar refractivity (Wildman–Crippen MR) is 68.8 cm³/mol. The molecule has 1 aliphatic rings. The minimum absolute atomic E-state index is 0.401. The molecule has 0 aliphatic carbocycles. The number of ether oxygens (including phenoxy) is 1. The molecule has 1 saturated heterocycles. The second kappa shape index (κ2) is 8.04. The molecule has 3 heteroatoms. The van der Waals surface area contributed by atoms with E-state index in [1.54, 1.807) is 0 Å². The number of hydrogen-bond donors (Lipinski definition) is 1. The molecule has 0 spiro atoms. The van der Waals surface area contributed by atoms with E-state index in [0.29, 0.717) is 6.10 Å². The Kier molecular flexibility index (Phi) is 7.01. The fraction of sp³-hybridized carbons (Fsp3) is 1.00. The van der Waals surface area contributed by atoms with Crippen LogP contribution >= 0.6 is 0 Å². The van der Waals surface area contributed by atoms with Crippen LogP contribution in [-0.4, -0.2) is 50.3 Å². The van der Waals surface area contributed by atoms with Crippen molar-refractivity contribution in [2.45, 2.75) is 39.7 Å². The molecular weight excluding hydrogens is 200 g/mol. The zero-order valence-electron chi connectivity index (χ0n) is 11.2. The van der Waals surface area contributed by atoms with Crippen molar-refractivity contribution in [3.8, 4) is 0 Å². The minimum Gasteiger partial charge on any atom is -0.377 e. The fourth-order valence-corrected chi connectivity index (χ4v) is 2.04. The van der Waals surface area contributed by atoms with Gasteiger partial charge in [0.25, 0.3) is 0 Å². The molecule has 3 nitrogen and oxygen atoms in total. The minimum atomic E-state index is 0.401. The highest BCUT2D eigenvalue weighted by Crippen LogP contribution is 2.04. The van der Waals surface area contributed by atoms with Gasteiger partial charge in [-0.2, -0.15) is 0 Å². The summed E-state index contributed by atoms with van der Waals surface area (Å²) < 4.78 is 5.63. The number of nitrogens with one attached hydrogen (secondary N) is 1. The summed E-state index contributed by atoms with van der Waals surface area (Å²) in [6, 6.07) is 0. The van der Waals surface area contributed by atoms with E-state index in [9.17, 15) is 0 Å². The van der Waals surface area contributed by atoms with Crippen molar-refractivity contribution >= 4 is 0 Å². The van der Waals surface area contributed by atoms with Gasteiger partial charge in [-0.15, -0.1) is 0 Å². The van der Waals surface area contributed by atoms with Crippen LogP contribution in [0.3, 0.4) is 0 Å². The molecule has 1 unspecified atom stereocenters. The van der Waals surface area contributed by atoms with Crippen LogP contribution in [0.25, 0.3) is 0 Å². The average Bonchev–Trinajstić information content (AvgIpc) is 2.42. The molecule has 1 N–H and O–H groups in total. The Morgan fingerprint density at radius 2 is 2.19 bits per heavy atom. The SMILES string of the molecule is CC(C)CCNCCN1CCCOC(C)C1. The largest absolute Gasteiger partial charge is 0.377 e. The quantitative estimate of drug-likeness (QED) is 0.701. The van der Waals surface area contributed by atoms with Crippen LogP contribution in [0.2, 0.25) is 0 Å². The lowest BCUT2D eigenvalue weighted by Gasteiger charge is -2.21. The van der Waals surface area contributed by atoms with Gasteiger partial charge in [0.05, 0.1) is 6.10 Å². The van der Waals surface area contributed by atoms with E-state index < -0.39 is 0 Å². The van der Waals surface area contributed by atoms with Gasteiger partial charge in [0.2, 0.25) is 0 Å². The molecule has 1 heterocycles. The molecule has 1 rings (SSSR count). The third-order valence-electron chi connectivity index (χ3n) is 3.04. The van der Waals surface area contributed by atoms with Crippen LogP contribution in [-0.2, 0) is 4.74 Å². The molecule has 1 fully saturated rings. The topological polar surface area (TPSA) is 24.5 Å². The summed E-state index contributed by atoms with van der Waals surface area (Å²) in [5.41, 5.74) is 0. The van der Waals surface area contributed by atoms with E-state index in [2.05, 4.69) is 31.0 Å². The third-order valence-corrected chi connectivity index (χ3v) is 3.04. The van der Waals surface area contributed by atoms with E-state index in [0.717, 1.165) is 38.7 Å². The number of rotatable bonds is 6. The zero-order valence-corrected chi connectivity index (χ0v) is 11.2. The van der Waals surface area contributed by atoms with E-state index in [4.69, 9.17) is 4.74 Å². The van der Waals surface area contributed by atoms with Gasteiger partial charge in [-0.1, -0.05) is 13.8 Å². The smallest absolute Gasteiger partial charge is 0.0673 e. The van der Waals surface area contributed by atoms with Crippen molar-refractivity contribution in [1.29, 1.82) is 0 Å². The standard InChI is InChI=1S/C13H28N2O/c1-12(2)5-6-14-7-9-15-8-4-10-16-13(3)11-15/h12-14H,4-11H2,1-3H3. The third kappa shape index (κ3) is 6.46. The van der Waals surface area contributed by atoms with Crippen LogP contribution < -0.4 is 5.32 Å². The van der Waals surface area contributed by atoms with Crippen LogP contribution in [0, 0.1) is 5.92 Å². The zero-order chi connectivity index (χ0) is 11.8. The summed E-state index contributed by atoms with van der Waals surface area (Å²) >= 11 is 0. The Hall–Kier alpha value is -0.120. The van der Waals surface area contributed by atoms with Gasteiger partial charge in [-0.05, 0) is 32.2 Å². The van der Waals surface area contributed by atoms with Gasteiger partial charge in [0.15, 0.2) is 0 Å². The Morgan fingerprint density at radius 1 is 1.38 bits per heavy atom. The van der Waals surface area contributed by atoms with Crippen molar-refractivity contribution in [2.75, 3.05) is 39.3 Å². The van der Waals surface area contributed by atoms with E-state index >= 15 is 0 Å². The van der Waals surface area contributed by atoms with Gasteiger partial charge in [0, 0.05) is 32.8 Å². The second-order valence-corrected chi connectivity index (χ2v) is 5.27. The molecule has 16 heavy (non-hydrogen) atoms. The molecular formula is C13H28N2O. The van der Waals surface area contributed by atoms with Gasteiger partial charge in [0.1, 0.15) is 0 Å². The highest BCUT2D eigenvalue weighted by atomic mass is 16.5. The van der Waals surface area contributed by atoms with Crippen molar-refractivity contribution in [1.82, 2.24) is 10.2 Å². The normalized spacial score (nSPS) is 23.6. The summed E-state index contributed by atoms with van der Waals surface area (Å²) in [5.74, 6) is 0.805. The van der Waals surface area contributed by atoms with Crippen molar-refractivity contribution in [3.63, 3.8) is 0 Å². The average molecular weight is 228 g/mol. The molecule has 0 aromatic rings. The number of hydrogen-bond acceptors (Lipinski definition) is 3. The molecule has 1 atom stereocenters. The highest BCUT2D eigenvalue weighted by molar-refractivity contribution is 4.67. The molecule has 0 saturated carbocycles.